The molecule has 12 rings (SSSR count). The first-order valence-corrected chi connectivity index (χ1v) is 20.5. The van der Waals surface area contributed by atoms with Gasteiger partial charge >= 0.3 is 0 Å². The van der Waals surface area contributed by atoms with Crippen LogP contribution in [0.5, 0.6) is 0 Å². The summed E-state index contributed by atoms with van der Waals surface area (Å²) in [5.41, 5.74) is 13.2. The highest BCUT2D eigenvalue weighted by Gasteiger charge is 2.24. The third kappa shape index (κ3) is 5.05. The maximum absolute atomic E-state index is 6.69. The van der Waals surface area contributed by atoms with Crippen molar-refractivity contribution in [3.8, 4) is 27.9 Å². The first kappa shape index (κ1) is 32.8. The fourth-order valence-corrected chi connectivity index (χ4v) is 10.2. The van der Waals surface area contributed by atoms with Crippen molar-refractivity contribution in [2.45, 2.75) is 0 Å². The molecule has 58 heavy (non-hydrogen) atoms. The van der Waals surface area contributed by atoms with Crippen LogP contribution in [-0.4, -0.2) is 4.57 Å². The van der Waals surface area contributed by atoms with Crippen molar-refractivity contribution in [1.82, 2.24) is 4.57 Å². The molecule has 0 aliphatic carbocycles. The van der Waals surface area contributed by atoms with Crippen LogP contribution in [0.2, 0.25) is 0 Å². The lowest BCUT2D eigenvalue weighted by molar-refractivity contribution is 0.669. The first-order chi connectivity index (χ1) is 28.8. The second kappa shape index (κ2) is 13.1. The molecule has 0 fully saturated rings. The Labute approximate surface area is 338 Å². The quantitative estimate of drug-likeness (QED) is 0.168. The van der Waals surface area contributed by atoms with Gasteiger partial charge in [0.05, 0.1) is 21.4 Å². The van der Waals surface area contributed by atoms with E-state index < -0.39 is 0 Å². The predicted molar refractivity (Wildman–Crippen MR) is 247 cm³/mol. The SMILES string of the molecule is c1ccc(-c2ccc3c4c(-c5ccccc5)c5c(cc4n(-c4ccc(N(c6ccccc6)c6cccc7c6sc6ccccc67)cc4)c3c2)oc2ccccc25)cc1. The van der Waals surface area contributed by atoms with E-state index in [1.54, 1.807) is 0 Å². The van der Waals surface area contributed by atoms with Crippen LogP contribution < -0.4 is 4.90 Å². The lowest BCUT2D eigenvalue weighted by Gasteiger charge is -2.26. The van der Waals surface area contributed by atoms with E-state index >= 15 is 0 Å². The molecule has 0 atom stereocenters. The van der Waals surface area contributed by atoms with Crippen molar-refractivity contribution in [2.24, 2.45) is 0 Å². The van der Waals surface area contributed by atoms with E-state index in [-0.39, 0.29) is 0 Å². The van der Waals surface area contributed by atoms with Gasteiger partial charge in [-0.25, -0.2) is 0 Å². The standard InChI is InChI=1S/C54H34N2OS/c1-4-15-35(16-5-1)37-27-32-43-46(33-37)56(47-34-49-53(44-22-10-12-25-48(44)57-49)51(52(43)47)36-17-6-2-7-18-36)40-30-28-39(29-31-40)55(38-19-8-3-9-20-38)45-24-14-23-42-41-21-11-13-26-50(41)58-54(42)45/h1-34H. The maximum Gasteiger partial charge on any atom is 0.138 e. The van der Waals surface area contributed by atoms with Crippen LogP contribution in [0.25, 0.3) is 91.9 Å². The van der Waals surface area contributed by atoms with Gasteiger partial charge in [0.15, 0.2) is 0 Å². The van der Waals surface area contributed by atoms with Crippen LogP contribution in [0.15, 0.2) is 211 Å². The summed E-state index contributed by atoms with van der Waals surface area (Å²) < 4.78 is 11.7. The number of nitrogens with zero attached hydrogens (tertiary/aromatic N) is 2. The summed E-state index contributed by atoms with van der Waals surface area (Å²) in [5, 5.41) is 7.26. The largest absolute Gasteiger partial charge is 0.456 e. The van der Waals surface area contributed by atoms with Gasteiger partial charge < -0.3 is 13.9 Å². The number of furan rings is 1. The molecule has 3 aromatic heterocycles. The molecule has 0 saturated heterocycles. The number of fused-ring (bicyclic) bond motifs is 9. The van der Waals surface area contributed by atoms with E-state index in [0.29, 0.717) is 0 Å². The zero-order valence-electron chi connectivity index (χ0n) is 31.3. The minimum Gasteiger partial charge on any atom is -0.456 e. The Morgan fingerprint density at radius 3 is 1.86 bits per heavy atom. The number of anilines is 3. The van der Waals surface area contributed by atoms with Crippen LogP contribution in [0.3, 0.4) is 0 Å². The van der Waals surface area contributed by atoms with E-state index in [2.05, 4.69) is 216 Å². The molecule has 0 aliphatic rings. The number of benzene rings is 9. The van der Waals surface area contributed by atoms with Crippen LogP contribution in [0, 0.1) is 0 Å². The maximum atomic E-state index is 6.69. The van der Waals surface area contributed by atoms with Crippen molar-refractivity contribution in [2.75, 3.05) is 4.90 Å². The second-order valence-electron chi connectivity index (χ2n) is 14.9. The zero-order chi connectivity index (χ0) is 38.2. The summed E-state index contributed by atoms with van der Waals surface area (Å²) in [6.07, 6.45) is 0. The Morgan fingerprint density at radius 1 is 0.414 bits per heavy atom. The summed E-state index contributed by atoms with van der Waals surface area (Å²) in [7, 11) is 0. The number of hydrogen-bond donors (Lipinski definition) is 0. The van der Waals surface area contributed by atoms with Gasteiger partial charge in [-0.2, -0.15) is 0 Å². The Kier molecular flexibility index (Phi) is 7.40. The van der Waals surface area contributed by atoms with Crippen LogP contribution in [0.1, 0.15) is 0 Å². The van der Waals surface area contributed by atoms with Gasteiger partial charge in [0, 0.05) is 65.7 Å². The van der Waals surface area contributed by atoms with Gasteiger partial charge in [0.1, 0.15) is 11.2 Å². The number of para-hydroxylation sites is 2. The molecule has 3 heterocycles. The summed E-state index contributed by atoms with van der Waals surface area (Å²) in [4.78, 5) is 2.40. The summed E-state index contributed by atoms with van der Waals surface area (Å²) in [6.45, 7) is 0. The monoisotopic (exact) mass is 758 g/mol. The van der Waals surface area contributed by atoms with Crippen LogP contribution in [-0.2, 0) is 0 Å². The highest BCUT2D eigenvalue weighted by atomic mass is 32.1. The molecule has 0 amide bonds. The second-order valence-corrected chi connectivity index (χ2v) is 15.9. The average molecular weight is 759 g/mol. The Morgan fingerprint density at radius 2 is 1.07 bits per heavy atom. The van der Waals surface area contributed by atoms with Crippen molar-refractivity contribution in [3.63, 3.8) is 0 Å². The fourth-order valence-electron chi connectivity index (χ4n) is 9.03. The molecule has 0 aliphatic heterocycles. The lowest BCUT2D eigenvalue weighted by Crippen LogP contribution is -2.10. The molecule has 0 saturated carbocycles. The first-order valence-electron chi connectivity index (χ1n) is 19.7. The predicted octanol–water partition coefficient (Wildman–Crippen LogP) is 15.9. The van der Waals surface area contributed by atoms with Crippen LogP contribution >= 0.6 is 11.3 Å². The summed E-state index contributed by atoms with van der Waals surface area (Å²) in [5.74, 6) is 0. The molecule has 4 heteroatoms. The van der Waals surface area contributed by atoms with Crippen molar-refractivity contribution in [1.29, 1.82) is 0 Å². The molecule has 3 nitrogen and oxygen atoms in total. The molecule has 272 valence electrons. The third-order valence-electron chi connectivity index (χ3n) is 11.6. The lowest BCUT2D eigenvalue weighted by atomic mass is 9.94. The van der Waals surface area contributed by atoms with Gasteiger partial charge in [0.25, 0.3) is 0 Å². The molecule has 0 spiro atoms. The number of thiophene rings is 1. The van der Waals surface area contributed by atoms with Crippen LogP contribution in [0.4, 0.5) is 17.1 Å². The highest BCUT2D eigenvalue weighted by molar-refractivity contribution is 7.26. The van der Waals surface area contributed by atoms with Crippen molar-refractivity contribution < 1.29 is 4.42 Å². The Balaban J connectivity index is 1.12. The Hall–Kier alpha value is -7.40. The van der Waals surface area contributed by atoms with Crippen molar-refractivity contribution >= 4 is 92.3 Å². The average Bonchev–Trinajstić information content (AvgIpc) is 3.96. The Bertz CT molecular complexity index is 3490. The van der Waals surface area contributed by atoms with Gasteiger partial charge in [-0.3, -0.25) is 0 Å². The van der Waals surface area contributed by atoms with E-state index in [1.807, 2.05) is 11.3 Å². The fraction of sp³-hybridized carbons (Fsp3) is 0. The molecular weight excluding hydrogens is 725 g/mol. The van der Waals surface area contributed by atoms with Gasteiger partial charge in [0.2, 0.25) is 0 Å². The number of hydrogen-bond acceptors (Lipinski definition) is 3. The van der Waals surface area contributed by atoms with E-state index in [0.717, 1.165) is 50.0 Å². The van der Waals surface area contributed by atoms with E-state index in [1.165, 1.54) is 58.9 Å². The van der Waals surface area contributed by atoms with Gasteiger partial charge in [-0.15, -0.1) is 11.3 Å². The molecule has 12 aromatic rings. The van der Waals surface area contributed by atoms with E-state index in [9.17, 15) is 0 Å². The summed E-state index contributed by atoms with van der Waals surface area (Å²) >= 11 is 1.86. The number of aromatic nitrogens is 1. The number of rotatable bonds is 6. The smallest absolute Gasteiger partial charge is 0.138 e. The van der Waals surface area contributed by atoms with Crippen molar-refractivity contribution in [3.05, 3.63) is 206 Å². The minimum absolute atomic E-state index is 0.878. The van der Waals surface area contributed by atoms with Gasteiger partial charge in [-0.1, -0.05) is 140 Å². The minimum atomic E-state index is 0.878. The van der Waals surface area contributed by atoms with E-state index in [4.69, 9.17) is 4.42 Å². The normalized spacial score (nSPS) is 11.8. The summed E-state index contributed by atoms with van der Waals surface area (Å²) in [6, 6.07) is 74.3. The molecule has 0 N–H and O–H groups in total. The third-order valence-corrected chi connectivity index (χ3v) is 12.8. The highest BCUT2D eigenvalue weighted by Crippen LogP contribution is 2.48. The molecular formula is C54H34N2OS. The molecule has 0 radical (unpaired) electrons. The van der Waals surface area contributed by atoms with Gasteiger partial charge in [-0.05, 0) is 77.4 Å². The molecule has 0 unspecified atom stereocenters. The molecule has 0 bridgehead atoms. The topological polar surface area (TPSA) is 21.3 Å². The molecule has 9 aromatic carbocycles. The zero-order valence-corrected chi connectivity index (χ0v) is 32.2.